The van der Waals surface area contributed by atoms with Gasteiger partial charge in [0.2, 0.25) is 15.9 Å². The van der Waals surface area contributed by atoms with Gasteiger partial charge in [0.25, 0.3) is 0 Å². The Bertz CT molecular complexity index is 676. The van der Waals surface area contributed by atoms with Crippen LogP contribution in [0.4, 0.5) is 5.69 Å². The van der Waals surface area contributed by atoms with Crippen molar-refractivity contribution < 1.29 is 13.2 Å². The number of carbonyl (C=O) groups excluding carboxylic acids is 1. The van der Waals surface area contributed by atoms with Crippen molar-refractivity contribution >= 4 is 21.6 Å². The van der Waals surface area contributed by atoms with Gasteiger partial charge in [-0.1, -0.05) is 0 Å². The van der Waals surface area contributed by atoms with Crippen molar-refractivity contribution in [2.24, 2.45) is 0 Å². The highest BCUT2D eigenvalue weighted by atomic mass is 32.2. The summed E-state index contributed by atoms with van der Waals surface area (Å²) in [7, 11) is -2.08. The Balaban J connectivity index is 2.37. The van der Waals surface area contributed by atoms with Crippen LogP contribution < -0.4 is 9.62 Å². The standard InChI is InChI=1S/C12H13N3O3S/c1-8(7-13)14-19(17,18)10-3-4-11-9(5-10)6-12(16)15(11)2/h3-5,8,14H,6H2,1-2H3. The van der Waals surface area contributed by atoms with E-state index in [0.29, 0.717) is 5.56 Å². The van der Waals surface area contributed by atoms with Crippen LogP contribution in [0.1, 0.15) is 12.5 Å². The second kappa shape index (κ2) is 4.64. The maximum atomic E-state index is 12.0. The molecule has 1 aromatic rings. The van der Waals surface area contributed by atoms with E-state index < -0.39 is 16.1 Å². The minimum atomic E-state index is -3.73. The molecule has 0 bridgehead atoms. The molecule has 0 fully saturated rings. The van der Waals surface area contributed by atoms with E-state index in [-0.39, 0.29) is 17.2 Å². The third-order valence-electron chi connectivity index (χ3n) is 2.96. The van der Waals surface area contributed by atoms with Crippen molar-refractivity contribution in [3.8, 4) is 6.07 Å². The minimum Gasteiger partial charge on any atom is -0.315 e. The Morgan fingerprint density at radius 2 is 2.16 bits per heavy atom. The molecule has 0 saturated carbocycles. The first kappa shape index (κ1) is 13.5. The van der Waals surface area contributed by atoms with E-state index in [1.54, 1.807) is 19.2 Å². The third-order valence-corrected chi connectivity index (χ3v) is 4.50. The molecule has 0 aromatic heterocycles. The summed E-state index contributed by atoms with van der Waals surface area (Å²) in [4.78, 5) is 13.1. The molecule has 0 aliphatic carbocycles. The highest BCUT2D eigenvalue weighted by molar-refractivity contribution is 7.89. The summed E-state index contributed by atoms with van der Waals surface area (Å²) in [6.07, 6.45) is 0.197. The van der Waals surface area contributed by atoms with Crippen LogP contribution in [0, 0.1) is 11.3 Å². The molecule has 1 atom stereocenters. The molecule has 6 nitrogen and oxygen atoms in total. The van der Waals surface area contributed by atoms with Gasteiger partial charge in [0, 0.05) is 12.7 Å². The molecule has 2 rings (SSSR count). The van der Waals surface area contributed by atoms with E-state index in [2.05, 4.69) is 4.72 Å². The Morgan fingerprint density at radius 1 is 1.47 bits per heavy atom. The van der Waals surface area contributed by atoms with Crippen LogP contribution in [0.2, 0.25) is 0 Å². The van der Waals surface area contributed by atoms with Crippen LogP contribution in [0.5, 0.6) is 0 Å². The number of benzene rings is 1. The molecule has 1 aliphatic heterocycles. The Morgan fingerprint density at radius 3 is 2.79 bits per heavy atom. The van der Waals surface area contributed by atoms with Gasteiger partial charge in [-0.2, -0.15) is 9.98 Å². The molecular weight excluding hydrogens is 266 g/mol. The Labute approximate surface area is 111 Å². The molecule has 1 unspecified atom stereocenters. The fraction of sp³-hybridized carbons (Fsp3) is 0.333. The van der Waals surface area contributed by atoms with Gasteiger partial charge in [-0.3, -0.25) is 4.79 Å². The lowest BCUT2D eigenvalue weighted by molar-refractivity contribution is -0.117. The van der Waals surface area contributed by atoms with Crippen LogP contribution in [0.15, 0.2) is 23.1 Å². The quantitative estimate of drug-likeness (QED) is 0.867. The van der Waals surface area contributed by atoms with Crippen LogP contribution in [-0.4, -0.2) is 27.4 Å². The first-order chi connectivity index (χ1) is 8.85. The van der Waals surface area contributed by atoms with Crippen molar-refractivity contribution in [3.63, 3.8) is 0 Å². The lowest BCUT2D eigenvalue weighted by Crippen LogP contribution is -2.31. The topological polar surface area (TPSA) is 90.3 Å². The van der Waals surface area contributed by atoms with Crippen molar-refractivity contribution in [2.45, 2.75) is 24.3 Å². The molecule has 1 aliphatic rings. The number of hydrogen-bond acceptors (Lipinski definition) is 4. The number of fused-ring (bicyclic) bond motifs is 1. The number of amides is 1. The number of carbonyl (C=O) groups is 1. The number of nitrogens with zero attached hydrogens (tertiary/aromatic N) is 2. The van der Waals surface area contributed by atoms with Crippen LogP contribution >= 0.6 is 0 Å². The smallest absolute Gasteiger partial charge is 0.241 e. The van der Waals surface area contributed by atoms with Gasteiger partial charge in [0.05, 0.1) is 17.4 Å². The van der Waals surface area contributed by atoms with Gasteiger partial charge in [-0.05, 0) is 30.7 Å². The number of anilines is 1. The molecule has 1 heterocycles. The molecule has 7 heteroatoms. The zero-order valence-corrected chi connectivity index (χ0v) is 11.4. The van der Waals surface area contributed by atoms with Crippen LogP contribution in [0.3, 0.4) is 0 Å². The zero-order chi connectivity index (χ0) is 14.2. The zero-order valence-electron chi connectivity index (χ0n) is 10.5. The molecule has 100 valence electrons. The van der Waals surface area contributed by atoms with E-state index >= 15 is 0 Å². The summed E-state index contributed by atoms with van der Waals surface area (Å²) in [5.41, 5.74) is 1.40. The number of hydrogen-bond donors (Lipinski definition) is 1. The molecule has 1 aromatic carbocycles. The summed E-state index contributed by atoms with van der Waals surface area (Å²) in [6, 6.07) is 5.51. The summed E-state index contributed by atoms with van der Waals surface area (Å²) in [5, 5.41) is 8.64. The second-order valence-corrected chi connectivity index (χ2v) is 6.11. The Hall–Kier alpha value is -1.91. The number of nitrogens with one attached hydrogen (secondary N) is 1. The first-order valence-electron chi connectivity index (χ1n) is 5.66. The fourth-order valence-electron chi connectivity index (χ4n) is 1.94. The van der Waals surface area contributed by atoms with Gasteiger partial charge in [0.1, 0.15) is 6.04 Å². The van der Waals surface area contributed by atoms with E-state index in [9.17, 15) is 13.2 Å². The summed E-state index contributed by atoms with van der Waals surface area (Å²) in [6.45, 7) is 1.46. The molecule has 1 N–H and O–H groups in total. The third kappa shape index (κ3) is 2.45. The summed E-state index contributed by atoms with van der Waals surface area (Å²) < 4.78 is 26.3. The summed E-state index contributed by atoms with van der Waals surface area (Å²) >= 11 is 0. The van der Waals surface area contributed by atoms with Gasteiger partial charge in [-0.25, -0.2) is 8.42 Å². The normalized spacial score (nSPS) is 16.1. The average Bonchev–Trinajstić information content (AvgIpc) is 2.64. The predicted octanol–water partition coefficient (Wildman–Crippen LogP) is 0.396. The monoisotopic (exact) mass is 279 g/mol. The Kier molecular flexibility index (Phi) is 3.30. The van der Waals surface area contributed by atoms with Gasteiger partial charge < -0.3 is 4.90 Å². The van der Waals surface area contributed by atoms with Gasteiger partial charge in [0.15, 0.2) is 0 Å². The summed E-state index contributed by atoms with van der Waals surface area (Å²) in [5.74, 6) is -0.0668. The van der Waals surface area contributed by atoms with Crippen LogP contribution in [-0.2, 0) is 21.2 Å². The molecule has 0 spiro atoms. The molecular formula is C12H13N3O3S. The minimum absolute atomic E-state index is 0.0662. The van der Waals surface area contributed by atoms with E-state index in [0.717, 1.165) is 5.69 Å². The van der Waals surface area contributed by atoms with E-state index in [1.807, 2.05) is 0 Å². The number of likely N-dealkylation sites (N-methyl/N-ethyl adjacent to an activating group) is 1. The average molecular weight is 279 g/mol. The van der Waals surface area contributed by atoms with E-state index in [1.165, 1.54) is 24.0 Å². The van der Waals surface area contributed by atoms with Crippen molar-refractivity contribution in [1.82, 2.24) is 4.72 Å². The largest absolute Gasteiger partial charge is 0.315 e. The first-order valence-corrected chi connectivity index (χ1v) is 7.15. The van der Waals surface area contributed by atoms with Gasteiger partial charge >= 0.3 is 0 Å². The fourth-order valence-corrected chi connectivity index (χ4v) is 3.14. The van der Waals surface area contributed by atoms with Crippen molar-refractivity contribution in [1.29, 1.82) is 5.26 Å². The molecule has 0 saturated heterocycles. The number of rotatable bonds is 3. The SMILES string of the molecule is CC(C#N)NS(=O)(=O)c1ccc2c(c1)CC(=O)N2C. The van der Waals surface area contributed by atoms with Crippen LogP contribution in [0.25, 0.3) is 0 Å². The lowest BCUT2D eigenvalue weighted by atomic mass is 10.2. The second-order valence-electron chi connectivity index (χ2n) is 4.39. The van der Waals surface area contributed by atoms with Gasteiger partial charge in [-0.15, -0.1) is 0 Å². The predicted molar refractivity (Wildman–Crippen MR) is 69.0 cm³/mol. The van der Waals surface area contributed by atoms with Crippen molar-refractivity contribution in [2.75, 3.05) is 11.9 Å². The lowest BCUT2D eigenvalue weighted by Gasteiger charge is -2.11. The maximum absolute atomic E-state index is 12.0. The highest BCUT2D eigenvalue weighted by Crippen LogP contribution is 2.29. The maximum Gasteiger partial charge on any atom is 0.241 e. The van der Waals surface area contributed by atoms with E-state index in [4.69, 9.17) is 5.26 Å². The number of nitriles is 1. The molecule has 19 heavy (non-hydrogen) atoms. The van der Waals surface area contributed by atoms with Crippen molar-refractivity contribution in [3.05, 3.63) is 23.8 Å². The molecule has 1 amide bonds. The highest BCUT2D eigenvalue weighted by Gasteiger charge is 2.26. The number of sulfonamides is 1. The molecule has 0 radical (unpaired) electrons.